The summed E-state index contributed by atoms with van der Waals surface area (Å²) in [6, 6.07) is 0. The summed E-state index contributed by atoms with van der Waals surface area (Å²) in [7, 11) is 0. The number of nitrogens with zero attached hydrogens (tertiary/aromatic N) is 2. The summed E-state index contributed by atoms with van der Waals surface area (Å²) in [5, 5.41) is 5.20. The number of aromatic nitrogens is 2. The van der Waals surface area contributed by atoms with Gasteiger partial charge in [0.1, 0.15) is 5.83 Å². The highest BCUT2D eigenvalue weighted by atomic mass is 19.4. The average Bonchev–Trinajstić information content (AvgIpc) is 2.81. The first-order valence-corrected chi connectivity index (χ1v) is 6.59. The highest BCUT2D eigenvalue weighted by molar-refractivity contribution is 5.60. The molecular weight excluding hydrogens is 347 g/mol. The summed E-state index contributed by atoms with van der Waals surface area (Å²) in [6.45, 7) is 1.86. The van der Waals surface area contributed by atoms with Gasteiger partial charge in [0.15, 0.2) is 18.0 Å². The van der Waals surface area contributed by atoms with E-state index in [2.05, 4.69) is 14.9 Å². The van der Waals surface area contributed by atoms with Gasteiger partial charge in [0, 0.05) is 6.20 Å². The Kier molecular flexibility index (Phi) is 4.66. The van der Waals surface area contributed by atoms with E-state index in [1.54, 1.807) is 0 Å². The molecule has 1 N–H and O–H groups in total. The van der Waals surface area contributed by atoms with Crippen LogP contribution in [-0.2, 0) is 10.9 Å². The first kappa shape index (κ1) is 18.3. The van der Waals surface area contributed by atoms with Crippen molar-refractivity contribution in [2.24, 2.45) is 0 Å². The van der Waals surface area contributed by atoms with Crippen LogP contribution in [0.1, 0.15) is 18.3 Å². The third-order valence-corrected chi connectivity index (χ3v) is 3.23. The molecule has 0 radical (unpaired) electrons. The van der Waals surface area contributed by atoms with Crippen molar-refractivity contribution in [3.05, 3.63) is 35.6 Å². The van der Waals surface area contributed by atoms with Crippen LogP contribution in [0.5, 0.6) is 0 Å². The van der Waals surface area contributed by atoms with E-state index in [4.69, 9.17) is 0 Å². The van der Waals surface area contributed by atoms with Gasteiger partial charge in [-0.05, 0) is 26.0 Å². The lowest BCUT2D eigenvalue weighted by Crippen LogP contribution is -2.42. The number of anilines is 1. The number of aryl methyl sites for hydroxylation is 1. The molecule has 0 fully saturated rings. The lowest BCUT2D eigenvalue weighted by Gasteiger charge is -2.34. The molecule has 1 aliphatic heterocycles. The van der Waals surface area contributed by atoms with E-state index >= 15 is 0 Å². The molecule has 24 heavy (non-hydrogen) atoms. The first-order valence-electron chi connectivity index (χ1n) is 6.59. The van der Waals surface area contributed by atoms with E-state index in [0.717, 1.165) is 18.4 Å². The zero-order valence-electron chi connectivity index (χ0n) is 12.3. The van der Waals surface area contributed by atoms with Crippen LogP contribution in [0.25, 0.3) is 0 Å². The van der Waals surface area contributed by atoms with Crippen molar-refractivity contribution in [1.82, 2.24) is 10.2 Å². The van der Waals surface area contributed by atoms with Gasteiger partial charge in [-0.3, -0.25) is 5.10 Å². The molecule has 1 aromatic rings. The summed E-state index contributed by atoms with van der Waals surface area (Å²) >= 11 is 0. The van der Waals surface area contributed by atoms with Crippen molar-refractivity contribution in [1.29, 1.82) is 0 Å². The van der Waals surface area contributed by atoms with Gasteiger partial charge >= 0.3 is 12.4 Å². The third-order valence-electron chi connectivity index (χ3n) is 3.23. The predicted octanol–water partition coefficient (Wildman–Crippen LogP) is 4.22. The predicted molar refractivity (Wildman–Crippen MR) is 69.5 cm³/mol. The molecule has 1 aliphatic rings. The van der Waals surface area contributed by atoms with Crippen molar-refractivity contribution in [2.45, 2.75) is 38.5 Å². The maximum Gasteiger partial charge on any atom is 0.437 e. The molecule has 0 saturated heterocycles. The Hall–Kier alpha value is -2.04. The van der Waals surface area contributed by atoms with Crippen LogP contribution in [0.2, 0.25) is 0 Å². The molecule has 0 amide bonds. The van der Waals surface area contributed by atoms with Gasteiger partial charge in [0.2, 0.25) is 0 Å². The molecule has 0 spiro atoms. The average molecular weight is 359 g/mol. The van der Waals surface area contributed by atoms with Gasteiger partial charge in [0.05, 0.1) is 11.4 Å². The number of rotatable bonds is 3. The van der Waals surface area contributed by atoms with Crippen LogP contribution in [0.4, 0.5) is 36.4 Å². The normalized spacial score (nSPS) is 20.3. The number of nitrogens with one attached hydrogen (secondary N) is 1. The largest absolute Gasteiger partial charge is 0.437 e. The second-order valence-electron chi connectivity index (χ2n) is 5.02. The quantitative estimate of drug-likeness (QED) is 0.822. The van der Waals surface area contributed by atoms with Crippen LogP contribution in [-0.4, -0.2) is 28.7 Å². The smallest absolute Gasteiger partial charge is 0.339 e. The summed E-state index contributed by atoms with van der Waals surface area (Å²) < 4.78 is 95.6. The summed E-state index contributed by atoms with van der Waals surface area (Å²) in [6.07, 6.45) is -11.2. The minimum absolute atomic E-state index is 0.102. The Morgan fingerprint density at radius 3 is 2.42 bits per heavy atom. The lowest BCUT2D eigenvalue weighted by atomic mass is 10.2. The molecule has 0 aliphatic carbocycles. The maximum absolute atomic E-state index is 14.0. The lowest BCUT2D eigenvalue weighted by molar-refractivity contribution is -0.223. The number of alkyl halides is 6. The van der Waals surface area contributed by atoms with Crippen molar-refractivity contribution >= 4 is 5.69 Å². The topological polar surface area (TPSA) is 41.2 Å². The highest BCUT2D eigenvalue weighted by Gasteiger charge is 2.44. The Labute approximate surface area is 131 Å². The van der Waals surface area contributed by atoms with Gasteiger partial charge in [-0.1, -0.05) is 0 Å². The summed E-state index contributed by atoms with van der Waals surface area (Å²) in [4.78, 5) is 0.624. The molecular formula is C13H12F7N3O. The molecule has 2 unspecified atom stereocenters. The van der Waals surface area contributed by atoms with Crippen molar-refractivity contribution < 1.29 is 35.5 Å². The first-order chi connectivity index (χ1) is 10.9. The SMILES string of the molecule is Cc1[nH]nc(C(F)(F)F)c1N1C=CC=C(F)C1OC(C)C(F)(F)F. The van der Waals surface area contributed by atoms with Crippen molar-refractivity contribution in [3.63, 3.8) is 0 Å². The van der Waals surface area contributed by atoms with E-state index < -0.39 is 41.9 Å². The van der Waals surface area contributed by atoms with E-state index in [1.165, 1.54) is 6.92 Å². The summed E-state index contributed by atoms with van der Waals surface area (Å²) in [5.41, 5.74) is -2.09. The van der Waals surface area contributed by atoms with E-state index in [0.29, 0.717) is 11.8 Å². The number of hydrogen-bond acceptors (Lipinski definition) is 3. The fourth-order valence-electron chi connectivity index (χ4n) is 2.05. The minimum Gasteiger partial charge on any atom is -0.339 e. The van der Waals surface area contributed by atoms with Gasteiger partial charge in [-0.15, -0.1) is 0 Å². The highest BCUT2D eigenvalue weighted by Crippen LogP contribution is 2.40. The second-order valence-corrected chi connectivity index (χ2v) is 5.02. The fourth-order valence-corrected chi connectivity index (χ4v) is 2.05. The zero-order chi connectivity index (χ0) is 18.3. The molecule has 0 aromatic carbocycles. The number of halogens is 7. The molecule has 1 aromatic heterocycles. The van der Waals surface area contributed by atoms with E-state index in [-0.39, 0.29) is 5.69 Å². The number of aromatic amines is 1. The Morgan fingerprint density at radius 1 is 1.25 bits per heavy atom. The van der Waals surface area contributed by atoms with E-state index in [9.17, 15) is 30.7 Å². The monoisotopic (exact) mass is 359 g/mol. The number of H-pyrrole nitrogens is 1. The molecule has 4 nitrogen and oxygen atoms in total. The van der Waals surface area contributed by atoms with Gasteiger partial charge in [-0.2, -0.15) is 31.4 Å². The summed E-state index contributed by atoms with van der Waals surface area (Å²) in [5.74, 6) is -1.16. The standard InChI is InChI=1S/C13H12F7N3O/c1-6-9(10(22-21-6)13(18,19)20)23-5-3-4-8(14)11(23)24-7(2)12(15,16)17/h3-5,7,11H,1-2H3,(H,21,22). The maximum atomic E-state index is 14.0. The van der Waals surface area contributed by atoms with Crippen molar-refractivity contribution in [2.75, 3.05) is 4.90 Å². The van der Waals surface area contributed by atoms with Crippen LogP contribution in [0, 0.1) is 6.92 Å². The molecule has 11 heteroatoms. The van der Waals surface area contributed by atoms with Crippen LogP contribution < -0.4 is 4.90 Å². The number of allylic oxidation sites excluding steroid dienone is 2. The van der Waals surface area contributed by atoms with E-state index in [1.807, 2.05) is 0 Å². The second kappa shape index (κ2) is 6.11. The fraction of sp³-hybridized carbons (Fsp3) is 0.462. The van der Waals surface area contributed by atoms with Crippen LogP contribution in [0.3, 0.4) is 0 Å². The van der Waals surface area contributed by atoms with Gasteiger partial charge in [-0.25, -0.2) is 4.39 Å². The van der Waals surface area contributed by atoms with Crippen LogP contribution >= 0.6 is 0 Å². The zero-order valence-corrected chi connectivity index (χ0v) is 12.3. The molecule has 2 heterocycles. The molecule has 134 valence electrons. The third kappa shape index (κ3) is 3.55. The Balaban J connectivity index is 2.43. The van der Waals surface area contributed by atoms with Crippen molar-refractivity contribution in [3.8, 4) is 0 Å². The molecule has 2 rings (SSSR count). The minimum atomic E-state index is -4.88. The molecule has 2 atom stereocenters. The van der Waals surface area contributed by atoms with Crippen LogP contribution in [0.15, 0.2) is 24.2 Å². The van der Waals surface area contributed by atoms with Gasteiger partial charge in [0.25, 0.3) is 0 Å². The Bertz CT molecular complexity index is 660. The molecule has 0 bridgehead atoms. The molecule has 0 saturated carbocycles. The number of ether oxygens (including phenoxy) is 1. The van der Waals surface area contributed by atoms with Gasteiger partial charge < -0.3 is 9.64 Å². The Morgan fingerprint density at radius 2 is 1.88 bits per heavy atom. The number of hydrogen-bond donors (Lipinski definition) is 1.